The van der Waals surface area contributed by atoms with Crippen LogP contribution in [-0.4, -0.2) is 5.91 Å². The quantitative estimate of drug-likeness (QED) is 0.819. The Labute approximate surface area is 123 Å². The molecule has 7 heteroatoms. The van der Waals surface area contributed by atoms with Gasteiger partial charge in [0.2, 0.25) is 0 Å². The van der Waals surface area contributed by atoms with Gasteiger partial charge in [0.25, 0.3) is 5.91 Å². The monoisotopic (exact) mass is 316 g/mol. The van der Waals surface area contributed by atoms with Gasteiger partial charge in [0.05, 0.1) is 21.4 Å². The molecule has 0 spiro atoms. The third-order valence-electron chi connectivity index (χ3n) is 2.55. The first-order valence-electron chi connectivity index (χ1n) is 5.40. The van der Waals surface area contributed by atoms with E-state index in [-0.39, 0.29) is 21.4 Å². The largest absolute Gasteiger partial charge is 0.396 e. The van der Waals surface area contributed by atoms with E-state index in [9.17, 15) is 13.6 Å². The van der Waals surface area contributed by atoms with Crippen molar-refractivity contribution in [1.29, 1.82) is 0 Å². The molecule has 0 aliphatic heterocycles. The van der Waals surface area contributed by atoms with Gasteiger partial charge >= 0.3 is 0 Å². The van der Waals surface area contributed by atoms with Gasteiger partial charge in [-0.05, 0) is 24.3 Å². The Hall–Kier alpha value is -1.85. The van der Waals surface area contributed by atoms with Crippen molar-refractivity contribution in [2.24, 2.45) is 0 Å². The molecular formula is C13H8Cl2F2N2O. The van der Waals surface area contributed by atoms with Crippen LogP contribution in [0.25, 0.3) is 0 Å². The highest BCUT2D eigenvalue weighted by Gasteiger charge is 2.20. The van der Waals surface area contributed by atoms with Gasteiger partial charge in [-0.3, -0.25) is 4.79 Å². The smallest absolute Gasteiger partial charge is 0.261 e. The first-order chi connectivity index (χ1) is 9.41. The molecule has 0 aromatic heterocycles. The summed E-state index contributed by atoms with van der Waals surface area (Å²) in [6, 6.07) is 6.45. The second kappa shape index (κ2) is 5.64. The predicted octanol–water partition coefficient (Wildman–Crippen LogP) is 4.11. The third kappa shape index (κ3) is 2.69. The Bertz CT molecular complexity index is 692. The van der Waals surface area contributed by atoms with Crippen LogP contribution in [0.15, 0.2) is 30.3 Å². The predicted molar refractivity (Wildman–Crippen MR) is 75.2 cm³/mol. The van der Waals surface area contributed by atoms with Crippen LogP contribution in [0.5, 0.6) is 0 Å². The number of halogens is 4. The molecule has 0 fully saturated rings. The van der Waals surface area contributed by atoms with Gasteiger partial charge in [0, 0.05) is 0 Å². The number of carbonyl (C=O) groups excluding carboxylic acids is 1. The Morgan fingerprint density at radius 2 is 1.85 bits per heavy atom. The highest BCUT2D eigenvalue weighted by molar-refractivity contribution is 6.44. The summed E-state index contributed by atoms with van der Waals surface area (Å²) in [6.45, 7) is 0. The van der Waals surface area contributed by atoms with Gasteiger partial charge < -0.3 is 11.1 Å². The number of nitrogens with one attached hydrogen (secondary N) is 1. The summed E-state index contributed by atoms with van der Waals surface area (Å²) in [7, 11) is 0. The summed E-state index contributed by atoms with van der Waals surface area (Å²) in [5.74, 6) is -3.15. The topological polar surface area (TPSA) is 55.1 Å². The highest BCUT2D eigenvalue weighted by Crippen LogP contribution is 2.30. The van der Waals surface area contributed by atoms with Crippen molar-refractivity contribution < 1.29 is 13.6 Å². The van der Waals surface area contributed by atoms with Crippen LogP contribution in [0.1, 0.15) is 10.4 Å². The first kappa shape index (κ1) is 14.6. The van der Waals surface area contributed by atoms with Crippen molar-refractivity contribution in [2.45, 2.75) is 0 Å². The summed E-state index contributed by atoms with van der Waals surface area (Å²) >= 11 is 11.7. The average Bonchev–Trinajstić information content (AvgIpc) is 2.40. The van der Waals surface area contributed by atoms with E-state index in [1.807, 2.05) is 0 Å². The lowest BCUT2D eigenvalue weighted by molar-refractivity contribution is 0.101. The number of anilines is 2. The number of benzene rings is 2. The Balaban J connectivity index is 2.39. The van der Waals surface area contributed by atoms with Crippen LogP contribution in [0, 0.1) is 11.6 Å². The fraction of sp³-hybridized carbons (Fsp3) is 0. The van der Waals surface area contributed by atoms with E-state index in [0.29, 0.717) is 0 Å². The van der Waals surface area contributed by atoms with Gasteiger partial charge in [-0.15, -0.1) is 0 Å². The molecule has 2 aromatic carbocycles. The molecule has 0 radical (unpaired) electrons. The Morgan fingerprint density at radius 3 is 2.55 bits per heavy atom. The molecule has 0 aliphatic rings. The lowest BCUT2D eigenvalue weighted by Crippen LogP contribution is -2.17. The van der Waals surface area contributed by atoms with Crippen LogP contribution in [0.4, 0.5) is 20.2 Å². The van der Waals surface area contributed by atoms with Crippen molar-refractivity contribution in [3.05, 3.63) is 57.6 Å². The van der Waals surface area contributed by atoms with Crippen molar-refractivity contribution in [3.8, 4) is 0 Å². The normalized spacial score (nSPS) is 10.4. The van der Waals surface area contributed by atoms with Gasteiger partial charge in [0.1, 0.15) is 11.4 Å². The van der Waals surface area contributed by atoms with Crippen molar-refractivity contribution in [3.63, 3.8) is 0 Å². The zero-order valence-corrected chi connectivity index (χ0v) is 11.4. The van der Waals surface area contributed by atoms with E-state index < -0.39 is 23.1 Å². The number of amides is 1. The lowest BCUT2D eigenvalue weighted by atomic mass is 10.1. The molecular weight excluding hydrogens is 309 g/mol. The zero-order chi connectivity index (χ0) is 14.9. The fourth-order valence-corrected chi connectivity index (χ4v) is 1.91. The Kier molecular flexibility index (Phi) is 4.11. The minimum absolute atomic E-state index is 0.0761. The van der Waals surface area contributed by atoms with Crippen molar-refractivity contribution in [1.82, 2.24) is 0 Å². The second-order valence-corrected chi connectivity index (χ2v) is 4.67. The number of rotatable bonds is 2. The van der Waals surface area contributed by atoms with E-state index in [1.54, 1.807) is 0 Å². The van der Waals surface area contributed by atoms with E-state index in [2.05, 4.69) is 5.32 Å². The molecule has 20 heavy (non-hydrogen) atoms. The molecule has 2 rings (SSSR count). The third-order valence-corrected chi connectivity index (χ3v) is 3.37. The summed E-state index contributed by atoms with van der Waals surface area (Å²) < 4.78 is 27.3. The van der Waals surface area contributed by atoms with E-state index in [4.69, 9.17) is 28.9 Å². The number of hydrogen-bond acceptors (Lipinski definition) is 2. The summed E-state index contributed by atoms with van der Waals surface area (Å²) in [5, 5.41) is 2.57. The van der Waals surface area contributed by atoms with Crippen LogP contribution in [0.3, 0.4) is 0 Å². The van der Waals surface area contributed by atoms with Crippen molar-refractivity contribution >= 4 is 40.5 Å². The summed E-state index contributed by atoms with van der Waals surface area (Å²) in [6.07, 6.45) is 0. The number of carbonyl (C=O) groups is 1. The maximum atomic E-state index is 13.7. The van der Waals surface area contributed by atoms with Gasteiger partial charge in [-0.25, -0.2) is 8.78 Å². The molecule has 0 bridgehead atoms. The molecule has 0 saturated heterocycles. The highest BCUT2D eigenvalue weighted by atomic mass is 35.5. The molecule has 0 atom stereocenters. The summed E-state index contributed by atoms with van der Waals surface area (Å²) in [5.41, 5.74) is 4.35. The Morgan fingerprint density at radius 1 is 1.15 bits per heavy atom. The number of nitrogen functional groups attached to an aromatic ring is 1. The molecule has 0 saturated carbocycles. The number of nitrogens with two attached hydrogens (primary N) is 1. The van der Waals surface area contributed by atoms with E-state index in [1.165, 1.54) is 18.2 Å². The van der Waals surface area contributed by atoms with E-state index >= 15 is 0 Å². The maximum Gasteiger partial charge on any atom is 0.261 e. The van der Waals surface area contributed by atoms with Crippen molar-refractivity contribution in [2.75, 3.05) is 11.1 Å². The van der Waals surface area contributed by atoms with Gasteiger partial charge in [-0.2, -0.15) is 0 Å². The molecule has 3 N–H and O–H groups in total. The molecule has 2 aromatic rings. The minimum Gasteiger partial charge on any atom is -0.396 e. The minimum atomic E-state index is -1.12. The van der Waals surface area contributed by atoms with Gasteiger partial charge in [0.15, 0.2) is 5.82 Å². The van der Waals surface area contributed by atoms with Crippen LogP contribution in [-0.2, 0) is 0 Å². The standard InChI is InChI=1S/C13H8Cl2F2N2O/c14-6-2-1-3-9(11(6)15)19-13(20)10-7(16)4-5-8(18)12(10)17/h1-5H,18H2,(H,19,20). The average molecular weight is 317 g/mol. The SMILES string of the molecule is Nc1ccc(F)c(C(=O)Nc2cccc(Cl)c2Cl)c1F. The molecule has 104 valence electrons. The lowest BCUT2D eigenvalue weighted by Gasteiger charge is -2.10. The molecule has 0 heterocycles. The fourth-order valence-electron chi connectivity index (χ4n) is 1.56. The van der Waals surface area contributed by atoms with Gasteiger partial charge in [-0.1, -0.05) is 29.3 Å². The summed E-state index contributed by atoms with van der Waals surface area (Å²) in [4.78, 5) is 11.9. The van der Waals surface area contributed by atoms with Crippen LogP contribution in [0.2, 0.25) is 10.0 Å². The zero-order valence-electron chi connectivity index (χ0n) is 9.88. The second-order valence-electron chi connectivity index (χ2n) is 3.88. The molecule has 0 aliphatic carbocycles. The molecule has 0 unspecified atom stereocenters. The van der Waals surface area contributed by atoms with Crippen LogP contribution < -0.4 is 11.1 Å². The van der Waals surface area contributed by atoms with Crippen LogP contribution >= 0.6 is 23.2 Å². The first-order valence-corrected chi connectivity index (χ1v) is 6.16. The molecule has 3 nitrogen and oxygen atoms in total. The molecule has 1 amide bonds. The van der Waals surface area contributed by atoms with E-state index in [0.717, 1.165) is 12.1 Å². The maximum absolute atomic E-state index is 13.7. The number of hydrogen-bond donors (Lipinski definition) is 2.